The SMILES string of the molecule is Cc1ccc2c(NS(=O)(=O)Cc3ccc(C(F)F)cc3)c(F)ccc2c1Oc1ncccc1-c1ccnc(NC2CCCN(C(=O)O)C2)n1. The van der Waals surface area contributed by atoms with Gasteiger partial charge in [0.2, 0.25) is 21.9 Å². The van der Waals surface area contributed by atoms with E-state index < -0.39 is 34.1 Å². The minimum absolute atomic E-state index is 0.166. The Morgan fingerprint density at radius 2 is 1.82 bits per heavy atom. The fourth-order valence-corrected chi connectivity index (χ4v) is 6.89. The Morgan fingerprint density at radius 3 is 2.57 bits per heavy atom. The van der Waals surface area contributed by atoms with Crippen molar-refractivity contribution in [3.63, 3.8) is 0 Å². The Balaban J connectivity index is 1.28. The number of amides is 1. The number of alkyl halides is 2. The number of hydrogen-bond donors (Lipinski definition) is 3. The minimum atomic E-state index is -4.16. The Hall–Kier alpha value is -5.44. The molecule has 1 unspecified atom stereocenters. The van der Waals surface area contributed by atoms with E-state index in [1.54, 1.807) is 43.5 Å². The van der Waals surface area contributed by atoms with Gasteiger partial charge < -0.3 is 20.1 Å². The van der Waals surface area contributed by atoms with Crippen molar-refractivity contribution in [1.29, 1.82) is 0 Å². The van der Waals surface area contributed by atoms with Crippen LogP contribution in [0.3, 0.4) is 0 Å². The van der Waals surface area contributed by atoms with Crippen LogP contribution in [0.2, 0.25) is 0 Å². The molecule has 1 atom stereocenters. The molecule has 1 amide bonds. The number of fused-ring (bicyclic) bond motifs is 1. The second kappa shape index (κ2) is 14.0. The van der Waals surface area contributed by atoms with Crippen LogP contribution in [-0.4, -0.2) is 58.6 Å². The number of halogens is 3. The highest BCUT2D eigenvalue weighted by Crippen LogP contribution is 2.40. The highest BCUT2D eigenvalue weighted by Gasteiger charge is 2.24. The summed E-state index contributed by atoms with van der Waals surface area (Å²) in [6, 6.07) is 15.7. The number of nitrogens with one attached hydrogen (secondary N) is 2. The van der Waals surface area contributed by atoms with Gasteiger partial charge in [0.15, 0.2) is 0 Å². The summed E-state index contributed by atoms with van der Waals surface area (Å²) in [6.45, 7) is 2.56. The van der Waals surface area contributed by atoms with Gasteiger partial charge in [0.05, 0.1) is 22.7 Å². The van der Waals surface area contributed by atoms with Crippen molar-refractivity contribution in [2.75, 3.05) is 23.1 Å². The molecule has 3 N–H and O–H groups in total. The molecule has 0 radical (unpaired) electrons. The maximum Gasteiger partial charge on any atom is 0.407 e. The van der Waals surface area contributed by atoms with E-state index in [4.69, 9.17) is 4.74 Å². The first kappa shape index (κ1) is 33.5. The quantitative estimate of drug-likeness (QED) is 0.137. The first-order valence-corrected chi connectivity index (χ1v) is 16.9. The molecule has 1 aliphatic heterocycles. The predicted molar refractivity (Wildman–Crippen MR) is 178 cm³/mol. The largest absolute Gasteiger partial charge is 0.465 e. The third-order valence-corrected chi connectivity index (χ3v) is 9.30. The number of benzene rings is 3. The maximum atomic E-state index is 15.2. The average Bonchev–Trinajstić information content (AvgIpc) is 3.07. The number of aromatic nitrogens is 3. The van der Waals surface area contributed by atoms with Crippen molar-refractivity contribution in [1.82, 2.24) is 19.9 Å². The Morgan fingerprint density at radius 1 is 1.04 bits per heavy atom. The molecule has 3 heterocycles. The van der Waals surface area contributed by atoms with Crippen molar-refractivity contribution in [3.8, 4) is 22.9 Å². The maximum absolute atomic E-state index is 15.2. The average molecular weight is 693 g/mol. The summed E-state index contributed by atoms with van der Waals surface area (Å²) in [7, 11) is -4.16. The number of sulfonamides is 1. The van der Waals surface area contributed by atoms with Crippen LogP contribution in [0.25, 0.3) is 22.0 Å². The molecule has 2 aromatic heterocycles. The van der Waals surface area contributed by atoms with Crippen LogP contribution < -0.4 is 14.8 Å². The van der Waals surface area contributed by atoms with Gasteiger partial charge in [-0.25, -0.2) is 41.3 Å². The number of piperidine rings is 1. The lowest BCUT2D eigenvalue weighted by molar-refractivity contribution is 0.132. The number of nitrogens with zero attached hydrogens (tertiary/aromatic N) is 4. The van der Waals surface area contributed by atoms with Gasteiger partial charge in [-0.2, -0.15) is 0 Å². The minimum Gasteiger partial charge on any atom is -0.465 e. The zero-order valence-electron chi connectivity index (χ0n) is 26.1. The van der Waals surface area contributed by atoms with Gasteiger partial charge in [-0.05, 0) is 61.2 Å². The number of hydrogen-bond acceptors (Lipinski definition) is 8. The summed E-state index contributed by atoms with van der Waals surface area (Å²) in [6.07, 6.45) is 0.900. The van der Waals surface area contributed by atoms with Crippen molar-refractivity contribution < 1.29 is 36.2 Å². The third kappa shape index (κ3) is 7.67. The number of carboxylic acid groups (broad SMARTS) is 1. The van der Waals surface area contributed by atoms with Crippen LogP contribution in [-0.2, 0) is 15.8 Å². The van der Waals surface area contributed by atoms with Gasteiger partial charge in [0.1, 0.15) is 11.6 Å². The molecule has 0 aliphatic carbocycles. The van der Waals surface area contributed by atoms with Crippen LogP contribution in [0, 0.1) is 12.7 Å². The smallest absolute Gasteiger partial charge is 0.407 e. The lowest BCUT2D eigenvalue weighted by Gasteiger charge is -2.31. The van der Waals surface area contributed by atoms with Gasteiger partial charge in [-0.15, -0.1) is 0 Å². The molecule has 11 nitrogen and oxygen atoms in total. The van der Waals surface area contributed by atoms with E-state index in [1.807, 2.05) is 0 Å². The molecule has 3 aromatic carbocycles. The fourth-order valence-electron chi connectivity index (χ4n) is 5.66. The van der Waals surface area contributed by atoms with E-state index in [0.717, 1.165) is 24.6 Å². The number of rotatable bonds is 10. The predicted octanol–water partition coefficient (Wildman–Crippen LogP) is 7.37. The molecule has 49 heavy (non-hydrogen) atoms. The number of anilines is 2. The summed E-state index contributed by atoms with van der Waals surface area (Å²) in [4.78, 5) is 26.2. The Bertz CT molecular complexity index is 2120. The van der Waals surface area contributed by atoms with Gasteiger partial charge in [0.25, 0.3) is 6.43 Å². The number of ether oxygens (including phenoxy) is 1. The second-order valence-corrected chi connectivity index (χ2v) is 13.3. The zero-order valence-corrected chi connectivity index (χ0v) is 26.9. The van der Waals surface area contributed by atoms with E-state index in [1.165, 1.54) is 29.3 Å². The molecule has 5 aromatic rings. The van der Waals surface area contributed by atoms with Crippen LogP contribution in [0.5, 0.6) is 11.6 Å². The van der Waals surface area contributed by atoms with E-state index in [9.17, 15) is 27.1 Å². The van der Waals surface area contributed by atoms with E-state index in [0.29, 0.717) is 53.4 Å². The van der Waals surface area contributed by atoms with Crippen molar-refractivity contribution in [3.05, 3.63) is 102 Å². The first-order valence-electron chi connectivity index (χ1n) is 15.3. The molecular weight excluding hydrogens is 661 g/mol. The van der Waals surface area contributed by atoms with Gasteiger partial charge in [-0.3, -0.25) is 4.72 Å². The molecule has 1 saturated heterocycles. The molecule has 254 valence electrons. The van der Waals surface area contributed by atoms with E-state index in [-0.39, 0.29) is 34.1 Å². The van der Waals surface area contributed by atoms with Gasteiger partial charge >= 0.3 is 6.09 Å². The van der Waals surface area contributed by atoms with Crippen LogP contribution in [0.4, 0.5) is 29.6 Å². The van der Waals surface area contributed by atoms with Crippen molar-refractivity contribution in [2.45, 2.75) is 38.0 Å². The molecule has 0 spiro atoms. The van der Waals surface area contributed by atoms with Gasteiger partial charge in [-0.1, -0.05) is 36.4 Å². The lowest BCUT2D eigenvalue weighted by Crippen LogP contribution is -2.44. The number of carbonyl (C=O) groups is 1. The fraction of sp³-hybridized carbons (Fsp3) is 0.235. The van der Waals surface area contributed by atoms with E-state index in [2.05, 4.69) is 25.0 Å². The topological polar surface area (TPSA) is 147 Å². The van der Waals surface area contributed by atoms with Crippen LogP contribution >= 0.6 is 0 Å². The monoisotopic (exact) mass is 692 g/mol. The molecule has 0 bridgehead atoms. The second-order valence-electron chi connectivity index (χ2n) is 11.6. The van der Waals surface area contributed by atoms with Gasteiger partial charge in [0, 0.05) is 47.9 Å². The number of likely N-dealkylation sites (tertiary alicyclic amines) is 1. The molecule has 15 heteroatoms. The number of pyridine rings is 1. The molecule has 6 rings (SSSR count). The normalized spacial score (nSPS) is 15.0. The van der Waals surface area contributed by atoms with Crippen molar-refractivity contribution in [2.24, 2.45) is 0 Å². The highest BCUT2D eigenvalue weighted by atomic mass is 32.2. The number of aryl methyl sites for hydroxylation is 1. The Labute approximate surface area is 279 Å². The molecule has 1 aliphatic rings. The van der Waals surface area contributed by atoms with Crippen molar-refractivity contribution >= 4 is 38.5 Å². The first-order chi connectivity index (χ1) is 23.5. The summed E-state index contributed by atoms with van der Waals surface area (Å²) in [5, 5.41) is 13.2. The van der Waals surface area contributed by atoms with Crippen LogP contribution in [0.1, 0.15) is 36.0 Å². The molecule has 0 saturated carbocycles. The highest BCUT2D eigenvalue weighted by molar-refractivity contribution is 7.91. The lowest BCUT2D eigenvalue weighted by atomic mass is 10.0. The molecular formula is C34H31F3N6O5S. The summed E-state index contributed by atoms with van der Waals surface area (Å²) in [5.41, 5.74) is 1.38. The standard InChI is InChI=1S/C34H31F3N6O5S/c1-20-6-11-24-25(12-13-27(35)29(24)42-49(46,47)19-21-7-9-22(10-8-21)31(36)37)30(20)48-32-26(5-2-15-38-32)28-14-16-39-33(41-28)40-23-4-3-17-43(18-23)34(44)45/h2,5-16,23,31,42H,3-4,17-19H2,1H3,(H,44,45)(H,39,40,41). The van der Waals surface area contributed by atoms with E-state index >= 15 is 4.39 Å². The van der Waals surface area contributed by atoms with Crippen LogP contribution in [0.15, 0.2) is 79.1 Å². The molecule has 1 fully saturated rings. The Kier molecular flexibility index (Phi) is 9.53. The summed E-state index contributed by atoms with van der Waals surface area (Å²) in [5.74, 6) is -0.584. The zero-order chi connectivity index (χ0) is 34.7. The summed E-state index contributed by atoms with van der Waals surface area (Å²) >= 11 is 0. The summed E-state index contributed by atoms with van der Waals surface area (Å²) < 4.78 is 76.0. The third-order valence-electron chi connectivity index (χ3n) is 8.07.